The highest BCUT2D eigenvalue weighted by molar-refractivity contribution is 9.10. The molecular formula is C31H28BrCl2N3O5S. The van der Waals surface area contributed by atoms with Gasteiger partial charge in [-0.15, -0.1) is 0 Å². The lowest BCUT2D eigenvalue weighted by Gasteiger charge is -2.36. The van der Waals surface area contributed by atoms with Crippen molar-refractivity contribution in [1.82, 2.24) is 9.80 Å². The number of rotatable bonds is 9. The summed E-state index contributed by atoms with van der Waals surface area (Å²) in [4.78, 5) is 44.2. The monoisotopic (exact) mass is 703 g/mol. The van der Waals surface area contributed by atoms with E-state index in [0.29, 0.717) is 64.4 Å². The van der Waals surface area contributed by atoms with Crippen molar-refractivity contribution in [3.8, 4) is 11.5 Å². The van der Waals surface area contributed by atoms with Gasteiger partial charge >= 0.3 is 0 Å². The zero-order chi connectivity index (χ0) is 30.5. The molecule has 0 aliphatic carbocycles. The number of thioether (sulfide) groups is 1. The van der Waals surface area contributed by atoms with Crippen molar-refractivity contribution in [3.63, 3.8) is 0 Å². The highest BCUT2D eigenvalue weighted by atomic mass is 79.9. The smallest absolute Gasteiger partial charge is 0.294 e. The van der Waals surface area contributed by atoms with Crippen molar-refractivity contribution < 1.29 is 23.9 Å². The third-order valence-corrected chi connectivity index (χ3v) is 9.28. The van der Waals surface area contributed by atoms with E-state index in [0.717, 1.165) is 27.9 Å². The van der Waals surface area contributed by atoms with E-state index in [2.05, 4.69) is 20.8 Å². The van der Waals surface area contributed by atoms with Gasteiger partial charge < -0.3 is 19.3 Å². The highest BCUT2D eigenvalue weighted by Gasteiger charge is 2.37. The largest absolute Gasteiger partial charge is 0.490 e. The number of carbonyl (C=O) groups is 3. The summed E-state index contributed by atoms with van der Waals surface area (Å²) in [5.41, 5.74) is 2.56. The Morgan fingerprint density at radius 2 is 1.67 bits per heavy atom. The topological polar surface area (TPSA) is 79.4 Å². The normalized spacial score (nSPS) is 16.3. The first-order chi connectivity index (χ1) is 20.7. The van der Waals surface area contributed by atoms with Crippen LogP contribution in [0.4, 0.5) is 10.5 Å². The lowest BCUT2D eigenvalue weighted by molar-refractivity contribution is -0.136. The molecule has 2 saturated heterocycles. The van der Waals surface area contributed by atoms with E-state index in [1.54, 1.807) is 35.2 Å². The van der Waals surface area contributed by atoms with Crippen LogP contribution < -0.4 is 14.4 Å². The molecule has 0 unspecified atom stereocenters. The number of para-hydroxylation sites is 1. The molecule has 2 fully saturated rings. The van der Waals surface area contributed by atoms with Gasteiger partial charge in [0, 0.05) is 36.3 Å². The van der Waals surface area contributed by atoms with Gasteiger partial charge in [-0.05, 0) is 72.3 Å². The molecule has 43 heavy (non-hydrogen) atoms. The van der Waals surface area contributed by atoms with Crippen LogP contribution in [0.5, 0.6) is 11.5 Å². The number of ether oxygens (including phenoxy) is 2. The number of imide groups is 1. The molecule has 0 radical (unpaired) electrons. The summed E-state index contributed by atoms with van der Waals surface area (Å²) in [5, 5.41) is 0.420. The summed E-state index contributed by atoms with van der Waals surface area (Å²) in [6.45, 7) is 4.59. The maximum absolute atomic E-state index is 13.2. The number of piperazine rings is 1. The molecule has 224 valence electrons. The van der Waals surface area contributed by atoms with Crippen molar-refractivity contribution >= 4 is 79.7 Å². The third-order valence-electron chi connectivity index (χ3n) is 6.95. The molecule has 2 heterocycles. The Morgan fingerprint density at radius 1 is 0.953 bits per heavy atom. The Morgan fingerprint density at radius 3 is 2.37 bits per heavy atom. The standard InChI is InChI=1S/C31H28BrCl2N3O5S/c1-2-41-26-15-21(23(32)17-27(26)42-19-20-8-9-24(33)25(34)14-20)16-28-30(39)37(31(40)43-28)18-29(38)36-12-10-35(11-13-36)22-6-4-3-5-7-22/h3-9,14-17H,2,10-13,18-19H2,1H3/b28-16+. The second-order valence-corrected chi connectivity index (χ2v) is 12.4. The molecule has 5 rings (SSSR count). The van der Waals surface area contributed by atoms with Crippen LogP contribution >= 0.6 is 50.9 Å². The third kappa shape index (κ3) is 7.49. The van der Waals surface area contributed by atoms with Gasteiger partial charge in [0.15, 0.2) is 11.5 Å². The molecule has 0 atom stereocenters. The van der Waals surface area contributed by atoms with Crippen molar-refractivity contribution in [2.75, 3.05) is 44.2 Å². The van der Waals surface area contributed by atoms with E-state index in [1.165, 1.54) is 0 Å². The number of benzene rings is 3. The first-order valence-corrected chi connectivity index (χ1v) is 16.0. The molecule has 0 N–H and O–H groups in total. The first kappa shape index (κ1) is 31.3. The Balaban J connectivity index is 1.24. The number of halogens is 3. The summed E-state index contributed by atoms with van der Waals surface area (Å²) in [6, 6.07) is 18.8. The van der Waals surface area contributed by atoms with Crippen LogP contribution in [0.15, 0.2) is 70.0 Å². The predicted molar refractivity (Wildman–Crippen MR) is 174 cm³/mol. The lowest BCUT2D eigenvalue weighted by atomic mass is 10.1. The molecule has 3 amide bonds. The quantitative estimate of drug-likeness (QED) is 0.220. The van der Waals surface area contributed by atoms with Crippen LogP contribution in [-0.4, -0.2) is 66.2 Å². The van der Waals surface area contributed by atoms with E-state index in [4.69, 9.17) is 32.7 Å². The second-order valence-electron chi connectivity index (χ2n) is 9.76. The molecule has 8 nitrogen and oxygen atoms in total. The van der Waals surface area contributed by atoms with Gasteiger partial charge in [0.25, 0.3) is 11.1 Å². The Labute approximate surface area is 272 Å². The Kier molecular flexibility index (Phi) is 10.2. The number of carbonyl (C=O) groups excluding carboxylic acids is 3. The molecule has 2 aliphatic rings. The van der Waals surface area contributed by atoms with E-state index in [9.17, 15) is 14.4 Å². The zero-order valence-electron chi connectivity index (χ0n) is 23.2. The fourth-order valence-corrected chi connectivity index (χ4v) is 6.29. The SMILES string of the molecule is CCOc1cc(/C=C2/SC(=O)N(CC(=O)N3CCN(c4ccccc4)CC3)C2=O)c(Br)cc1OCc1ccc(Cl)c(Cl)c1. The Hall–Kier alpha value is -3.18. The minimum atomic E-state index is -0.504. The van der Waals surface area contributed by atoms with Gasteiger partial charge in [-0.1, -0.05) is 63.4 Å². The van der Waals surface area contributed by atoms with Crippen molar-refractivity contribution in [2.24, 2.45) is 0 Å². The van der Waals surface area contributed by atoms with Crippen LogP contribution in [0, 0.1) is 0 Å². The van der Waals surface area contributed by atoms with Gasteiger partial charge in [-0.25, -0.2) is 0 Å². The minimum Gasteiger partial charge on any atom is -0.490 e. The van der Waals surface area contributed by atoms with Gasteiger partial charge in [0.05, 0.1) is 21.6 Å². The number of nitrogens with zero attached hydrogens (tertiary/aromatic N) is 3. The average molecular weight is 705 g/mol. The van der Waals surface area contributed by atoms with Crippen LogP contribution in [0.1, 0.15) is 18.1 Å². The molecule has 2 aliphatic heterocycles. The maximum Gasteiger partial charge on any atom is 0.294 e. The van der Waals surface area contributed by atoms with Crippen molar-refractivity contribution in [1.29, 1.82) is 0 Å². The molecule has 12 heteroatoms. The molecule has 3 aromatic carbocycles. The second kappa shape index (κ2) is 14.1. The molecular weight excluding hydrogens is 677 g/mol. The van der Waals surface area contributed by atoms with E-state index >= 15 is 0 Å². The highest BCUT2D eigenvalue weighted by Crippen LogP contribution is 2.38. The summed E-state index contributed by atoms with van der Waals surface area (Å²) in [7, 11) is 0. The van der Waals surface area contributed by atoms with Crippen LogP contribution in [0.2, 0.25) is 10.0 Å². The fourth-order valence-electron chi connectivity index (χ4n) is 4.70. The number of hydrogen-bond acceptors (Lipinski definition) is 7. The summed E-state index contributed by atoms with van der Waals surface area (Å²) in [6.07, 6.45) is 1.61. The van der Waals surface area contributed by atoms with E-state index in [-0.39, 0.29) is 24.0 Å². The van der Waals surface area contributed by atoms with Crippen LogP contribution in [0.3, 0.4) is 0 Å². The van der Waals surface area contributed by atoms with Gasteiger partial charge in [0.2, 0.25) is 5.91 Å². The van der Waals surface area contributed by atoms with Gasteiger partial charge in [-0.3, -0.25) is 19.3 Å². The molecule has 0 aromatic heterocycles. The minimum absolute atomic E-state index is 0.222. The molecule has 3 aromatic rings. The van der Waals surface area contributed by atoms with Gasteiger partial charge in [0.1, 0.15) is 13.2 Å². The number of amides is 3. The van der Waals surface area contributed by atoms with Crippen molar-refractivity contribution in [2.45, 2.75) is 13.5 Å². The van der Waals surface area contributed by atoms with Crippen LogP contribution in [-0.2, 0) is 16.2 Å². The predicted octanol–water partition coefficient (Wildman–Crippen LogP) is 7.12. The van der Waals surface area contributed by atoms with Gasteiger partial charge in [-0.2, -0.15) is 0 Å². The van der Waals surface area contributed by atoms with Crippen LogP contribution in [0.25, 0.3) is 6.08 Å². The Bertz CT molecular complexity index is 1560. The maximum atomic E-state index is 13.2. The summed E-state index contributed by atoms with van der Waals surface area (Å²) >= 11 is 16.5. The zero-order valence-corrected chi connectivity index (χ0v) is 27.1. The first-order valence-electron chi connectivity index (χ1n) is 13.6. The molecule has 0 spiro atoms. The lowest BCUT2D eigenvalue weighted by Crippen LogP contribution is -2.51. The molecule has 0 saturated carbocycles. The number of hydrogen-bond donors (Lipinski definition) is 0. The average Bonchev–Trinajstić information content (AvgIpc) is 3.27. The van der Waals surface area contributed by atoms with E-state index < -0.39 is 11.1 Å². The number of anilines is 1. The summed E-state index contributed by atoms with van der Waals surface area (Å²) in [5.74, 6) is 0.208. The van der Waals surface area contributed by atoms with Crippen molar-refractivity contribution in [3.05, 3.63) is 91.2 Å². The summed E-state index contributed by atoms with van der Waals surface area (Å²) < 4.78 is 12.5. The molecule has 0 bridgehead atoms. The fraction of sp³-hybridized carbons (Fsp3) is 0.258. The van der Waals surface area contributed by atoms with E-state index in [1.807, 2.05) is 43.3 Å².